The van der Waals surface area contributed by atoms with Gasteiger partial charge in [0, 0.05) is 0 Å². The number of hydrogen-bond acceptors (Lipinski definition) is 0. The predicted octanol–water partition coefficient (Wildman–Crippen LogP) is 7.81. The summed E-state index contributed by atoms with van der Waals surface area (Å²) in [7, 11) is 0. The van der Waals surface area contributed by atoms with Crippen LogP contribution in [0.2, 0.25) is 12.1 Å². The molecule has 0 fully saturated rings. The van der Waals surface area contributed by atoms with E-state index in [9.17, 15) is 0 Å². The summed E-state index contributed by atoms with van der Waals surface area (Å²) >= 11 is 1.77. The number of benzene rings is 2. The van der Waals surface area contributed by atoms with Crippen LogP contribution in [0, 0.1) is 0 Å². The fourth-order valence-electron chi connectivity index (χ4n) is 2.84. The van der Waals surface area contributed by atoms with Gasteiger partial charge in [-0.25, -0.2) is 0 Å². The fourth-order valence-corrected chi connectivity index (χ4v) is 2.84. The Kier molecular flexibility index (Phi) is 9.62. The van der Waals surface area contributed by atoms with Crippen molar-refractivity contribution in [3.8, 4) is 0 Å². The van der Waals surface area contributed by atoms with Gasteiger partial charge in [-0.15, -0.1) is 81.2 Å². The smallest absolute Gasteiger partial charge is 0.0487 e. The number of rotatable bonds is 3. The van der Waals surface area contributed by atoms with Crippen LogP contribution in [-0.2, 0) is 36.2 Å². The SMILES string of the molecule is CC(C)[Si](C)=[Zr+2].CCc1cc2ccccc2[cH-]1.CCc1cc2ccccc2[cH-]1. The summed E-state index contributed by atoms with van der Waals surface area (Å²) < 4.78 is 0. The standard InChI is InChI=1S/2C11H11.C4H10Si.Zr/c2*1-2-9-7-10-5-3-4-6-11(10)8-9;1-4(2)5-3;/h2*3-8H,2H2,1H3;4H,1-3H3;/q2*-1;;+2. The molecule has 0 spiro atoms. The van der Waals surface area contributed by atoms with Gasteiger partial charge in [0.1, 0.15) is 0 Å². The van der Waals surface area contributed by atoms with E-state index in [4.69, 9.17) is 0 Å². The van der Waals surface area contributed by atoms with Crippen LogP contribution in [-0.4, -0.2) is 5.43 Å². The molecule has 144 valence electrons. The van der Waals surface area contributed by atoms with E-state index < -0.39 is 0 Å². The first-order valence-corrected chi connectivity index (χ1v) is 16.0. The molecule has 4 rings (SSSR count). The van der Waals surface area contributed by atoms with Crippen LogP contribution in [0.4, 0.5) is 0 Å². The van der Waals surface area contributed by atoms with Crippen LogP contribution in [0.1, 0.15) is 38.8 Å². The van der Waals surface area contributed by atoms with Gasteiger partial charge in [-0.2, -0.15) is 12.1 Å². The van der Waals surface area contributed by atoms with Gasteiger partial charge in [-0.1, -0.05) is 26.0 Å². The summed E-state index contributed by atoms with van der Waals surface area (Å²) in [5.41, 5.74) is 4.00. The van der Waals surface area contributed by atoms with Gasteiger partial charge in [-0.05, 0) is 12.8 Å². The predicted molar refractivity (Wildman–Crippen MR) is 125 cm³/mol. The van der Waals surface area contributed by atoms with Crippen molar-refractivity contribution < 1.29 is 23.3 Å². The molecule has 0 saturated carbocycles. The molecule has 0 bridgehead atoms. The molecule has 4 aromatic rings. The van der Waals surface area contributed by atoms with E-state index in [-0.39, 0.29) is 5.43 Å². The molecular weight excluding hydrogens is 432 g/mol. The third kappa shape index (κ3) is 6.98. The largest absolute Gasteiger partial charge is 0.165 e. The second-order valence-electron chi connectivity index (χ2n) is 7.53. The third-order valence-corrected chi connectivity index (χ3v) is 11.0. The molecule has 0 unspecified atom stereocenters. The van der Waals surface area contributed by atoms with Crippen molar-refractivity contribution in [2.24, 2.45) is 0 Å². The Morgan fingerprint density at radius 1 is 0.786 bits per heavy atom. The molecule has 0 saturated heterocycles. The molecule has 0 amide bonds. The normalized spacial score (nSPS) is 10.4. The molecule has 0 N–H and O–H groups in total. The van der Waals surface area contributed by atoms with Gasteiger partial charge in [0.2, 0.25) is 0 Å². The molecule has 0 atom stereocenters. The van der Waals surface area contributed by atoms with E-state index in [2.05, 4.69) is 107 Å². The van der Waals surface area contributed by atoms with Crippen molar-refractivity contribution in [2.75, 3.05) is 0 Å². The molecule has 0 nitrogen and oxygen atoms in total. The van der Waals surface area contributed by atoms with Gasteiger partial charge >= 0.3 is 54.7 Å². The molecule has 0 radical (unpaired) electrons. The van der Waals surface area contributed by atoms with Crippen molar-refractivity contribution in [3.63, 3.8) is 0 Å². The molecule has 4 aromatic carbocycles. The first-order valence-electron chi connectivity index (χ1n) is 10.3. The van der Waals surface area contributed by atoms with Crippen molar-refractivity contribution in [1.82, 2.24) is 0 Å². The first-order chi connectivity index (χ1) is 13.4. The molecule has 0 aliphatic carbocycles. The van der Waals surface area contributed by atoms with E-state index in [1.165, 1.54) is 32.7 Å². The maximum Gasteiger partial charge on any atom is -0.0487 e. The first kappa shape index (κ1) is 23.0. The quantitative estimate of drug-likeness (QED) is 0.215. The Morgan fingerprint density at radius 2 is 1.14 bits per heavy atom. The second-order valence-corrected chi connectivity index (χ2v) is 15.9. The zero-order valence-electron chi connectivity index (χ0n) is 17.9. The molecule has 0 aromatic heterocycles. The number of fused-ring (bicyclic) bond motifs is 2. The van der Waals surface area contributed by atoms with Crippen LogP contribution >= 0.6 is 0 Å². The van der Waals surface area contributed by atoms with Crippen molar-refractivity contribution in [2.45, 2.75) is 52.6 Å². The summed E-state index contributed by atoms with van der Waals surface area (Å²) in [6.45, 7) is 11.4. The van der Waals surface area contributed by atoms with Crippen molar-refractivity contribution >= 4 is 27.0 Å². The van der Waals surface area contributed by atoms with Crippen LogP contribution < -0.4 is 0 Å². The van der Waals surface area contributed by atoms with Crippen LogP contribution in [0.3, 0.4) is 0 Å². The van der Waals surface area contributed by atoms with E-state index in [0.717, 1.165) is 18.4 Å². The van der Waals surface area contributed by atoms with Crippen LogP contribution in [0.25, 0.3) is 21.5 Å². The molecule has 28 heavy (non-hydrogen) atoms. The summed E-state index contributed by atoms with van der Waals surface area (Å²) in [5.74, 6) is 0. The van der Waals surface area contributed by atoms with Gasteiger partial charge in [0.15, 0.2) is 0 Å². The summed E-state index contributed by atoms with van der Waals surface area (Å²) in [5, 5.41) is 5.46. The maximum atomic E-state index is 2.38. The Balaban J connectivity index is 0.000000158. The number of aryl methyl sites for hydroxylation is 2. The minimum Gasteiger partial charge on any atom is -0.165 e. The average Bonchev–Trinajstić information content (AvgIpc) is 3.32. The second kappa shape index (κ2) is 11.7. The topological polar surface area (TPSA) is 0 Å². The summed E-state index contributed by atoms with van der Waals surface area (Å²) in [6.07, 6.45) is 2.27. The Hall–Kier alpha value is -1.24. The molecule has 2 heteroatoms. The minimum absolute atomic E-state index is 0.138. The number of hydrogen-bond donors (Lipinski definition) is 0. The van der Waals surface area contributed by atoms with Crippen molar-refractivity contribution in [3.05, 3.63) is 83.9 Å². The van der Waals surface area contributed by atoms with Crippen molar-refractivity contribution in [1.29, 1.82) is 0 Å². The Morgan fingerprint density at radius 3 is 1.43 bits per heavy atom. The van der Waals surface area contributed by atoms with Gasteiger partial charge in [-0.3, -0.25) is 0 Å². The van der Waals surface area contributed by atoms with Gasteiger partial charge in [0.25, 0.3) is 0 Å². The molecule has 0 aliphatic rings. The van der Waals surface area contributed by atoms with E-state index in [0.29, 0.717) is 0 Å². The third-order valence-electron chi connectivity index (χ3n) is 5.04. The zero-order valence-corrected chi connectivity index (χ0v) is 21.4. The van der Waals surface area contributed by atoms with Gasteiger partial charge in [0.05, 0.1) is 0 Å². The minimum atomic E-state index is 0.138. The zero-order chi connectivity index (χ0) is 20.5. The Labute approximate surface area is 186 Å². The van der Waals surface area contributed by atoms with E-state index in [1.54, 1.807) is 23.3 Å². The van der Waals surface area contributed by atoms with Crippen LogP contribution in [0.5, 0.6) is 0 Å². The fraction of sp³-hybridized carbons (Fsp3) is 0.308. The summed E-state index contributed by atoms with van der Waals surface area (Å²) in [4.78, 5) is 0. The van der Waals surface area contributed by atoms with Gasteiger partial charge < -0.3 is 0 Å². The summed E-state index contributed by atoms with van der Waals surface area (Å²) in [6, 6.07) is 26.0. The van der Waals surface area contributed by atoms with Crippen LogP contribution in [0.15, 0.2) is 72.8 Å². The molecule has 0 heterocycles. The molecular formula is C26H32SiZr. The van der Waals surface area contributed by atoms with E-state index >= 15 is 0 Å². The molecule has 0 aliphatic heterocycles. The average molecular weight is 464 g/mol. The van der Waals surface area contributed by atoms with E-state index in [1.807, 2.05) is 0 Å². The maximum absolute atomic E-state index is 2.38. The monoisotopic (exact) mass is 462 g/mol. The Bertz CT molecular complexity index is 863.